The van der Waals surface area contributed by atoms with Crippen molar-refractivity contribution >= 4 is 16.7 Å². The molecule has 1 heterocycles. The molecule has 1 aliphatic rings. The van der Waals surface area contributed by atoms with Gasteiger partial charge in [0, 0.05) is 22.8 Å². The molecule has 3 rings (SSSR count). The van der Waals surface area contributed by atoms with Gasteiger partial charge < -0.3 is 19.7 Å². The van der Waals surface area contributed by atoms with Crippen LogP contribution in [0.2, 0.25) is 0 Å². The standard InChI is InChI=1S/C17H18O5/c1-17(2)12(18)8-11-13(16(20)21-3)14(19)9-6-4-5-7-10(9)15(11)22-17/h4-7,12,18-19H,8H2,1-3H3. The Hall–Kier alpha value is -2.27. The molecule has 1 atom stereocenters. The van der Waals surface area contributed by atoms with Gasteiger partial charge in [-0.3, -0.25) is 0 Å². The van der Waals surface area contributed by atoms with Gasteiger partial charge in [0.1, 0.15) is 22.7 Å². The monoisotopic (exact) mass is 302 g/mol. The molecule has 22 heavy (non-hydrogen) atoms. The third-order valence-corrected chi connectivity index (χ3v) is 4.19. The van der Waals surface area contributed by atoms with Crippen LogP contribution in [0.1, 0.15) is 29.8 Å². The molecule has 5 heteroatoms. The van der Waals surface area contributed by atoms with Crippen LogP contribution in [0.25, 0.3) is 10.8 Å². The van der Waals surface area contributed by atoms with Gasteiger partial charge in [-0.15, -0.1) is 0 Å². The number of methoxy groups -OCH3 is 1. The van der Waals surface area contributed by atoms with Gasteiger partial charge >= 0.3 is 5.97 Å². The minimum absolute atomic E-state index is 0.0609. The van der Waals surface area contributed by atoms with Crippen LogP contribution in [0.15, 0.2) is 24.3 Å². The van der Waals surface area contributed by atoms with E-state index in [9.17, 15) is 15.0 Å². The van der Waals surface area contributed by atoms with Crippen LogP contribution in [0.3, 0.4) is 0 Å². The quantitative estimate of drug-likeness (QED) is 0.791. The van der Waals surface area contributed by atoms with Crippen LogP contribution in [0.5, 0.6) is 11.5 Å². The van der Waals surface area contributed by atoms with Gasteiger partial charge in [-0.25, -0.2) is 4.79 Å². The van der Waals surface area contributed by atoms with E-state index >= 15 is 0 Å². The number of benzene rings is 2. The lowest BCUT2D eigenvalue weighted by molar-refractivity contribution is -0.0403. The highest BCUT2D eigenvalue weighted by molar-refractivity contribution is 6.06. The predicted molar refractivity (Wildman–Crippen MR) is 81.4 cm³/mol. The van der Waals surface area contributed by atoms with Gasteiger partial charge in [0.15, 0.2) is 0 Å². The molecule has 0 aromatic heterocycles. The van der Waals surface area contributed by atoms with Gasteiger partial charge in [-0.2, -0.15) is 0 Å². The second-order valence-electron chi connectivity index (χ2n) is 5.99. The first-order valence-electron chi connectivity index (χ1n) is 7.08. The number of aromatic hydroxyl groups is 1. The lowest BCUT2D eigenvalue weighted by Crippen LogP contribution is -2.46. The van der Waals surface area contributed by atoms with Crippen molar-refractivity contribution in [2.24, 2.45) is 0 Å². The number of hydrogen-bond donors (Lipinski definition) is 2. The number of rotatable bonds is 1. The molecule has 0 spiro atoms. The molecule has 0 radical (unpaired) electrons. The van der Waals surface area contributed by atoms with Crippen molar-refractivity contribution in [2.45, 2.75) is 32.0 Å². The molecular formula is C17H18O5. The largest absolute Gasteiger partial charge is 0.506 e. The molecule has 0 saturated heterocycles. The van der Waals surface area contributed by atoms with Crippen LogP contribution < -0.4 is 4.74 Å². The van der Waals surface area contributed by atoms with Crippen molar-refractivity contribution in [3.8, 4) is 11.5 Å². The predicted octanol–water partition coefficient (Wildman–Crippen LogP) is 2.41. The van der Waals surface area contributed by atoms with E-state index in [4.69, 9.17) is 9.47 Å². The van der Waals surface area contributed by atoms with E-state index in [2.05, 4.69) is 0 Å². The highest BCUT2D eigenvalue weighted by Gasteiger charge is 2.39. The smallest absolute Gasteiger partial charge is 0.342 e. The number of hydrogen-bond acceptors (Lipinski definition) is 5. The Morgan fingerprint density at radius 3 is 2.59 bits per heavy atom. The Bertz CT molecular complexity index is 763. The minimum atomic E-state index is -0.788. The molecule has 0 bridgehead atoms. The highest BCUT2D eigenvalue weighted by Crippen LogP contribution is 2.45. The Kier molecular flexibility index (Phi) is 3.25. The lowest BCUT2D eigenvalue weighted by atomic mass is 9.86. The number of aliphatic hydroxyl groups excluding tert-OH is 1. The number of fused-ring (bicyclic) bond motifs is 3. The summed E-state index contributed by atoms with van der Waals surface area (Å²) < 4.78 is 10.7. The average Bonchev–Trinajstić information content (AvgIpc) is 2.49. The molecule has 116 valence electrons. The number of aliphatic hydroxyl groups is 1. The Morgan fingerprint density at radius 1 is 1.32 bits per heavy atom. The maximum Gasteiger partial charge on any atom is 0.342 e. The van der Waals surface area contributed by atoms with Crippen molar-refractivity contribution in [2.75, 3.05) is 7.11 Å². The summed E-state index contributed by atoms with van der Waals surface area (Å²) in [6.07, 6.45) is -0.575. The van der Waals surface area contributed by atoms with Crippen LogP contribution in [-0.4, -0.2) is 35.0 Å². The van der Waals surface area contributed by atoms with Gasteiger partial charge in [0.05, 0.1) is 13.2 Å². The van der Waals surface area contributed by atoms with Crippen LogP contribution in [-0.2, 0) is 11.2 Å². The van der Waals surface area contributed by atoms with E-state index in [0.717, 1.165) is 0 Å². The summed E-state index contributed by atoms with van der Waals surface area (Å²) in [7, 11) is 1.26. The Morgan fingerprint density at radius 2 is 1.95 bits per heavy atom. The summed E-state index contributed by atoms with van der Waals surface area (Å²) in [6, 6.07) is 7.15. The molecule has 2 aromatic carbocycles. The summed E-state index contributed by atoms with van der Waals surface area (Å²) in [5, 5.41) is 22.0. The normalized spacial score (nSPS) is 19.4. The topological polar surface area (TPSA) is 76.0 Å². The summed E-state index contributed by atoms with van der Waals surface area (Å²) in [5.41, 5.74) is -0.235. The zero-order valence-corrected chi connectivity index (χ0v) is 12.7. The molecule has 0 amide bonds. The number of carbonyl (C=O) groups excluding carboxylic acids is 1. The first kappa shape index (κ1) is 14.7. The lowest BCUT2D eigenvalue weighted by Gasteiger charge is -2.38. The summed E-state index contributed by atoms with van der Waals surface area (Å²) in [4.78, 5) is 12.1. The number of esters is 1. The second-order valence-corrected chi connectivity index (χ2v) is 5.99. The number of ether oxygens (including phenoxy) is 2. The van der Waals surface area contributed by atoms with Crippen molar-refractivity contribution in [3.05, 3.63) is 35.4 Å². The Labute approximate surface area is 128 Å². The minimum Gasteiger partial charge on any atom is -0.506 e. The molecule has 1 unspecified atom stereocenters. The summed E-state index contributed by atoms with van der Waals surface area (Å²) >= 11 is 0. The van der Waals surface area contributed by atoms with Crippen LogP contribution >= 0.6 is 0 Å². The van der Waals surface area contributed by atoms with Crippen LogP contribution in [0.4, 0.5) is 0 Å². The van der Waals surface area contributed by atoms with Crippen LogP contribution in [0, 0.1) is 0 Å². The van der Waals surface area contributed by atoms with Gasteiger partial charge in [-0.05, 0) is 13.8 Å². The summed E-state index contributed by atoms with van der Waals surface area (Å²) in [5.74, 6) is -0.268. The molecule has 1 aliphatic heterocycles. The first-order chi connectivity index (χ1) is 10.4. The fraction of sp³-hybridized carbons (Fsp3) is 0.353. The number of phenolic OH excluding ortho intramolecular Hbond substituents is 1. The van der Waals surface area contributed by atoms with E-state index in [1.54, 1.807) is 26.0 Å². The molecule has 2 N–H and O–H groups in total. The second kappa shape index (κ2) is 4.88. The third-order valence-electron chi connectivity index (χ3n) is 4.19. The zero-order valence-electron chi connectivity index (χ0n) is 12.7. The SMILES string of the molecule is COC(=O)c1c2c(c3ccccc3c1O)OC(C)(C)C(O)C2. The summed E-state index contributed by atoms with van der Waals surface area (Å²) in [6.45, 7) is 3.58. The third kappa shape index (κ3) is 2.01. The van der Waals surface area contributed by atoms with Gasteiger partial charge in [-0.1, -0.05) is 24.3 Å². The fourth-order valence-corrected chi connectivity index (χ4v) is 2.84. The number of carbonyl (C=O) groups is 1. The number of phenols is 1. The van der Waals surface area contributed by atoms with Gasteiger partial charge in [0.2, 0.25) is 0 Å². The highest BCUT2D eigenvalue weighted by atomic mass is 16.5. The van der Waals surface area contributed by atoms with E-state index in [-0.39, 0.29) is 17.7 Å². The zero-order chi connectivity index (χ0) is 16.1. The van der Waals surface area contributed by atoms with E-state index < -0.39 is 17.7 Å². The van der Waals surface area contributed by atoms with E-state index in [0.29, 0.717) is 22.1 Å². The molecule has 0 saturated carbocycles. The van der Waals surface area contributed by atoms with Crippen molar-refractivity contribution in [3.63, 3.8) is 0 Å². The fourth-order valence-electron chi connectivity index (χ4n) is 2.84. The first-order valence-corrected chi connectivity index (χ1v) is 7.08. The average molecular weight is 302 g/mol. The molecule has 5 nitrogen and oxygen atoms in total. The Balaban J connectivity index is 2.39. The molecule has 2 aromatic rings. The molecule has 0 fully saturated rings. The van der Waals surface area contributed by atoms with Crippen molar-refractivity contribution < 1.29 is 24.5 Å². The van der Waals surface area contributed by atoms with E-state index in [1.807, 2.05) is 12.1 Å². The maximum atomic E-state index is 12.1. The molecule has 0 aliphatic carbocycles. The van der Waals surface area contributed by atoms with Gasteiger partial charge in [0.25, 0.3) is 0 Å². The maximum absolute atomic E-state index is 12.1. The molecular weight excluding hydrogens is 284 g/mol. The van der Waals surface area contributed by atoms with E-state index in [1.165, 1.54) is 7.11 Å². The van der Waals surface area contributed by atoms with Crippen molar-refractivity contribution in [1.82, 2.24) is 0 Å². The van der Waals surface area contributed by atoms with Crippen molar-refractivity contribution in [1.29, 1.82) is 0 Å².